The van der Waals surface area contributed by atoms with E-state index in [1.165, 1.54) is 0 Å². The van der Waals surface area contributed by atoms with Crippen molar-refractivity contribution >= 4 is 39.6 Å². The average molecular weight is 411 g/mol. The predicted octanol–water partition coefficient (Wildman–Crippen LogP) is 5.82. The van der Waals surface area contributed by atoms with Crippen LogP contribution in [0.25, 0.3) is 12.2 Å². The number of carbonyl (C=O) groups excluding carboxylic acids is 2. The Hall–Kier alpha value is -2.22. The van der Waals surface area contributed by atoms with Crippen molar-refractivity contribution < 1.29 is 9.59 Å². The lowest BCUT2D eigenvalue weighted by molar-refractivity contribution is -0.117. The molecule has 0 unspecified atom stereocenters. The molecule has 0 fully saturated rings. The second-order valence-electron chi connectivity index (χ2n) is 6.44. The lowest BCUT2D eigenvalue weighted by atomic mass is 9.97. The fourth-order valence-corrected chi connectivity index (χ4v) is 2.84. The largest absolute Gasteiger partial charge is 0.300 e. The van der Waals surface area contributed by atoms with Crippen LogP contribution in [-0.2, 0) is 22.4 Å². The van der Waals surface area contributed by atoms with Gasteiger partial charge in [0.1, 0.15) is 11.6 Å². The van der Waals surface area contributed by atoms with Gasteiger partial charge < -0.3 is 9.59 Å². The van der Waals surface area contributed by atoms with Crippen LogP contribution in [0.3, 0.4) is 0 Å². The average Bonchev–Trinajstić information content (AvgIpc) is 2.60. The van der Waals surface area contributed by atoms with E-state index in [1.807, 2.05) is 42.5 Å². The number of benzene rings is 2. The Morgan fingerprint density at radius 3 is 2.23 bits per heavy atom. The summed E-state index contributed by atoms with van der Waals surface area (Å²) in [5, 5.41) is 0. The van der Waals surface area contributed by atoms with E-state index in [4.69, 9.17) is 0 Å². The Kier molecular flexibility index (Phi) is 7.77. The minimum Gasteiger partial charge on any atom is -0.300 e. The van der Waals surface area contributed by atoms with Crippen LogP contribution < -0.4 is 0 Å². The SMILES string of the molecule is CC(=O)CCc1ccc(CCC(C)=O)c(C=C=Cc2ccc(Br)cc2)c1. The summed E-state index contributed by atoms with van der Waals surface area (Å²) in [6, 6.07) is 14.2. The van der Waals surface area contributed by atoms with Gasteiger partial charge in [-0.3, -0.25) is 0 Å². The Morgan fingerprint density at radius 2 is 1.58 bits per heavy atom. The van der Waals surface area contributed by atoms with Gasteiger partial charge in [0.25, 0.3) is 0 Å². The molecule has 0 atom stereocenters. The van der Waals surface area contributed by atoms with Crippen LogP contribution >= 0.6 is 15.9 Å². The Bertz CT molecular complexity index is 841. The molecule has 0 amide bonds. The van der Waals surface area contributed by atoms with Crippen molar-refractivity contribution in [2.75, 3.05) is 0 Å². The van der Waals surface area contributed by atoms with Crippen LogP contribution in [0, 0.1) is 0 Å². The molecule has 0 saturated heterocycles. The number of carbonyl (C=O) groups is 2. The molecule has 0 spiro atoms. The minimum absolute atomic E-state index is 0.186. The predicted molar refractivity (Wildman–Crippen MR) is 111 cm³/mol. The molecule has 2 nitrogen and oxygen atoms in total. The molecule has 26 heavy (non-hydrogen) atoms. The summed E-state index contributed by atoms with van der Waals surface area (Å²) < 4.78 is 1.04. The standard InChI is InChI=1S/C23H23BrO2/c1-17(25)6-8-20-9-13-21(12-7-18(2)26)22(16-20)5-3-4-19-10-14-23(24)15-11-19/h4-5,9-11,13-16H,6-8,12H2,1-2H3. The molecule has 134 valence electrons. The molecule has 2 rings (SSSR count). The smallest absolute Gasteiger partial charge is 0.130 e. The highest BCUT2D eigenvalue weighted by Crippen LogP contribution is 2.18. The Labute approximate surface area is 163 Å². The first kappa shape index (κ1) is 20.1. The van der Waals surface area contributed by atoms with Crippen molar-refractivity contribution in [3.63, 3.8) is 0 Å². The van der Waals surface area contributed by atoms with Gasteiger partial charge >= 0.3 is 0 Å². The third kappa shape index (κ3) is 6.95. The molecular formula is C23H23BrO2. The second kappa shape index (κ2) is 10.1. The maximum absolute atomic E-state index is 11.3. The number of hydrogen-bond donors (Lipinski definition) is 0. The zero-order chi connectivity index (χ0) is 18.9. The van der Waals surface area contributed by atoms with Gasteiger partial charge in [-0.15, -0.1) is 5.73 Å². The summed E-state index contributed by atoms with van der Waals surface area (Å²) in [6.45, 7) is 3.23. The molecule has 2 aromatic carbocycles. The van der Waals surface area contributed by atoms with Gasteiger partial charge in [0.2, 0.25) is 0 Å². The summed E-state index contributed by atoms with van der Waals surface area (Å²) in [7, 11) is 0. The number of rotatable bonds is 8. The van der Waals surface area contributed by atoms with E-state index in [0.29, 0.717) is 19.3 Å². The summed E-state index contributed by atoms with van der Waals surface area (Å²) in [5.74, 6) is 0.379. The number of halogens is 1. The van der Waals surface area contributed by atoms with Crippen molar-refractivity contribution in [3.8, 4) is 0 Å². The van der Waals surface area contributed by atoms with E-state index in [-0.39, 0.29) is 11.6 Å². The van der Waals surface area contributed by atoms with E-state index in [2.05, 4.69) is 33.8 Å². The Morgan fingerprint density at radius 1 is 0.923 bits per heavy atom. The van der Waals surface area contributed by atoms with E-state index < -0.39 is 0 Å². The van der Waals surface area contributed by atoms with Crippen molar-refractivity contribution in [3.05, 3.63) is 74.9 Å². The molecule has 0 N–H and O–H groups in total. The van der Waals surface area contributed by atoms with Crippen LogP contribution in [0.15, 0.2) is 52.7 Å². The molecule has 0 aliphatic carbocycles. The van der Waals surface area contributed by atoms with Crippen LogP contribution in [-0.4, -0.2) is 11.6 Å². The number of ketones is 2. The summed E-state index contributed by atoms with van der Waals surface area (Å²) >= 11 is 3.43. The van der Waals surface area contributed by atoms with Crippen molar-refractivity contribution in [1.29, 1.82) is 0 Å². The molecular weight excluding hydrogens is 388 g/mol. The highest BCUT2D eigenvalue weighted by Gasteiger charge is 2.05. The van der Waals surface area contributed by atoms with Gasteiger partial charge in [0.15, 0.2) is 0 Å². The highest BCUT2D eigenvalue weighted by molar-refractivity contribution is 9.10. The fourth-order valence-electron chi connectivity index (χ4n) is 2.58. The molecule has 2 aromatic rings. The zero-order valence-electron chi connectivity index (χ0n) is 15.2. The van der Waals surface area contributed by atoms with Gasteiger partial charge in [-0.25, -0.2) is 0 Å². The lowest BCUT2D eigenvalue weighted by Gasteiger charge is -2.08. The van der Waals surface area contributed by atoms with Gasteiger partial charge in [-0.05, 0) is 73.2 Å². The normalized spacial score (nSPS) is 10.1. The maximum atomic E-state index is 11.3. The maximum Gasteiger partial charge on any atom is 0.130 e. The van der Waals surface area contributed by atoms with Gasteiger partial charge in [-0.2, -0.15) is 0 Å². The van der Waals surface area contributed by atoms with Crippen molar-refractivity contribution in [2.24, 2.45) is 0 Å². The van der Waals surface area contributed by atoms with Gasteiger partial charge in [-0.1, -0.05) is 46.3 Å². The van der Waals surface area contributed by atoms with E-state index in [0.717, 1.165) is 33.1 Å². The number of hydrogen-bond acceptors (Lipinski definition) is 2. The van der Waals surface area contributed by atoms with Crippen LogP contribution in [0.1, 0.15) is 48.9 Å². The first-order valence-corrected chi connectivity index (χ1v) is 9.52. The first-order valence-electron chi connectivity index (χ1n) is 8.73. The third-order valence-electron chi connectivity index (χ3n) is 4.08. The highest BCUT2D eigenvalue weighted by atomic mass is 79.9. The van der Waals surface area contributed by atoms with E-state index in [1.54, 1.807) is 13.8 Å². The molecule has 0 aliphatic heterocycles. The van der Waals surface area contributed by atoms with Crippen molar-refractivity contribution in [1.82, 2.24) is 0 Å². The Balaban J connectivity index is 2.26. The lowest BCUT2D eigenvalue weighted by Crippen LogP contribution is -1.99. The zero-order valence-corrected chi connectivity index (χ0v) is 16.8. The van der Waals surface area contributed by atoms with Crippen LogP contribution in [0.5, 0.6) is 0 Å². The molecule has 0 radical (unpaired) electrons. The molecule has 0 aliphatic rings. The topological polar surface area (TPSA) is 34.1 Å². The quantitative estimate of drug-likeness (QED) is 0.513. The molecule has 0 bridgehead atoms. The first-order chi connectivity index (χ1) is 12.4. The molecule has 3 heteroatoms. The number of aryl methyl sites for hydroxylation is 2. The van der Waals surface area contributed by atoms with Crippen LogP contribution in [0.4, 0.5) is 0 Å². The summed E-state index contributed by atoms with van der Waals surface area (Å²) in [5.41, 5.74) is 7.62. The molecule has 0 aromatic heterocycles. The van der Waals surface area contributed by atoms with Gasteiger partial charge in [0, 0.05) is 17.3 Å². The summed E-state index contributed by atoms with van der Waals surface area (Å²) in [6.07, 6.45) is 6.42. The monoisotopic (exact) mass is 410 g/mol. The minimum atomic E-state index is 0.186. The summed E-state index contributed by atoms with van der Waals surface area (Å²) in [4.78, 5) is 22.6. The third-order valence-corrected chi connectivity index (χ3v) is 4.61. The fraction of sp³-hybridized carbons (Fsp3) is 0.261. The van der Waals surface area contributed by atoms with E-state index in [9.17, 15) is 9.59 Å². The van der Waals surface area contributed by atoms with E-state index >= 15 is 0 Å². The second-order valence-corrected chi connectivity index (χ2v) is 7.36. The van der Waals surface area contributed by atoms with Crippen molar-refractivity contribution in [2.45, 2.75) is 39.5 Å². The van der Waals surface area contributed by atoms with Gasteiger partial charge in [0.05, 0.1) is 0 Å². The van der Waals surface area contributed by atoms with Crippen LogP contribution in [0.2, 0.25) is 0 Å². The molecule has 0 saturated carbocycles. The number of Topliss-reactive ketones (excluding diaryl/α,β-unsaturated/α-hetero) is 2. The molecule has 0 heterocycles.